The van der Waals surface area contributed by atoms with Crippen LogP contribution in [0.15, 0.2) is 53.1 Å². The van der Waals surface area contributed by atoms with Crippen LogP contribution in [0.3, 0.4) is 0 Å². The second-order valence-corrected chi connectivity index (χ2v) is 7.29. The molecule has 1 fully saturated rings. The summed E-state index contributed by atoms with van der Waals surface area (Å²) in [5.74, 6) is -0.0810. The Balaban J connectivity index is 1.61. The van der Waals surface area contributed by atoms with Crippen molar-refractivity contribution < 1.29 is 13.7 Å². The van der Waals surface area contributed by atoms with Gasteiger partial charge in [0.15, 0.2) is 5.82 Å². The van der Waals surface area contributed by atoms with Crippen molar-refractivity contribution in [3.63, 3.8) is 0 Å². The molecule has 0 unspecified atom stereocenters. The van der Waals surface area contributed by atoms with Gasteiger partial charge < -0.3 is 9.84 Å². The summed E-state index contributed by atoms with van der Waals surface area (Å²) in [6.07, 6.45) is 4.41. The number of carbonyl (C=O) groups excluding carboxylic acids is 1. The summed E-state index contributed by atoms with van der Waals surface area (Å²) in [5.41, 5.74) is 0.942. The van der Waals surface area contributed by atoms with Crippen LogP contribution in [0.2, 0.25) is 0 Å². The lowest BCUT2D eigenvalue weighted by atomic mass is 9.80. The van der Waals surface area contributed by atoms with Gasteiger partial charge in [0.25, 0.3) is 5.91 Å². The fourth-order valence-corrected chi connectivity index (χ4v) is 3.85. The van der Waals surface area contributed by atoms with Gasteiger partial charge in [-0.3, -0.25) is 4.79 Å². The molecule has 1 aliphatic rings. The first-order chi connectivity index (χ1) is 13.6. The summed E-state index contributed by atoms with van der Waals surface area (Å²) in [6, 6.07) is 14.2. The van der Waals surface area contributed by atoms with E-state index in [4.69, 9.17) is 4.52 Å². The Morgan fingerprint density at radius 1 is 1.07 bits per heavy atom. The quantitative estimate of drug-likeness (QED) is 0.709. The van der Waals surface area contributed by atoms with Gasteiger partial charge >= 0.3 is 0 Å². The van der Waals surface area contributed by atoms with Crippen LogP contribution in [0.25, 0.3) is 11.1 Å². The summed E-state index contributed by atoms with van der Waals surface area (Å²) in [4.78, 5) is 17.3. The van der Waals surface area contributed by atoms with Crippen molar-refractivity contribution in [3.05, 3.63) is 71.6 Å². The van der Waals surface area contributed by atoms with Crippen molar-refractivity contribution in [2.45, 2.75) is 44.6 Å². The molecular weight excluding hydrogens is 357 g/mol. The minimum Gasteiger partial charge on any atom is -0.340 e. The molecule has 0 spiro atoms. The maximum Gasteiger partial charge on any atom is 0.255 e. The Hall–Kier alpha value is -3.02. The molecule has 6 heteroatoms. The number of halogens is 1. The van der Waals surface area contributed by atoms with Crippen LogP contribution in [0.5, 0.6) is 0 Å². The molecule has 1 aromatic heterocycles. The van der Waals surface area contributed by atoms with Gasteiger partial charge in [0, 0.05) is 6.92 Å². The molecule has 1 amide bonds. The third kappa shape index (κ3) is 3.54. The molecule has 144 valence electrons. The largest absolute Gasteiger partial charge is 0.340 e. The Kier molecular flexibility index (Phi) is 4.94. The van der Waals surface area contributed by atoms with Gasteiger partial charge in [-0.05, 0) is 36.1 Å². The predicted molar refractivity (Wildman–Crippen MR) is 103 cm³/mol. The first kappa shape index (κ1) is 18.3. The van der Waals surface area contributed by atoms with E-state index in [9.17, 15) is 9.18 Å². The van der Waals surface area contributed by atoms with Crippen molar-refractivity contribution in [2.75, 3.05) is 0 Å². The smallest absolute Gasteiger partial charge is 0.255 e. The van der Waals surface area contributed by atoms with E-state index >= 15 is 0 Å². The first-order valence-corrected chi connectivity index (χ1v) is 9.56. The molecular formula is C22H22FN3O2. The van der Waals surface area contributed by atoms with Crippen LogP contribution >= 0.6 is 0 Å². The first-order valence-electron chi connectivity index (χ1n) is 9.56. The van der Waals surface area contributed by atoms with Crippen LogP contribution < -0.4 is 5.32 Å². The van der Waals surface area contributed by atoms with Gasteiger partial charge in [0.2, 0.25) is 5.89 Å². The van der Waals surface area contributed by atoms with Crippen LogP contribution in [0.1, 0.15) is 54.2 Å². The van der Waals surface area contributed by atoms with Gasteiger partial charge in [0.05, 0.1) is 5.56 Å². The number of aryl methyl sites for hydroxylation is 1. The minimum absolute atomic E-state index is 0.0184. The topological polar surface area (TPSA) is 68.0 Å². The highest BCUT2D eigenvalue weighted by molar-refractivity contribution is 5.95. The van der Waals surface area contributed by atoms with Gasteiger partial charge in [0.1, 0.15) is 11.4 Å². The number of carbonyl (C=O) groups is 1. The minimum atomic E-state index is -0.711. The molecule has 0 aliphatic heterocycles. The van der Waals surface area contributed by atoms with E-state index in [0.717, 1.165) is 30.4 Å². The number of nitrogens with zero attached hydrogens (tertiary/aromatic N) is 2. The number of nitrogens with one attached hydrogen (secondary N) is 1. The number of aromatic nitrogens is 2. The Labute approximate surface area is 163 Å². The van der Waals surface area contributed by atoms with Crippen molar-refractivity contribution in [1.82, 2.24) is 15.5 Å². The number of hydrogen-bond acceptors (Lipinski definition) is 4. The van der Waals surface area contributed by atoms with Gasteiger partial charge in [-0.15, -0.1) is 0 Å². The predicted octanol–water partition coefficient (Wildman–Crippen LogP) is 4.77. The Bertz CT molecular complexity index is 978. The zero-order valence-electron chi connectivity index (χ0n) is 15.7. The molecule has 1 N–H and O–H groups in total. The highest BCUT2D eigenvalue weighted by Gasteiger charge is 2.40. The van der Waals surface area contributed by atoms with Crippen LogP contribution in [0, 0.1) is 12.7 Å². The monoisotopic (exact) mass is 379 g/mol. The molecule has 28 heavy (non-hydrogen) atoms. The maximum absolute atomic E-state index is 14.8. The third-order valence-electron chi connectivity index (χ3n) is 5.34. The fraction of sp³-hybridized carbons (Fsp3) is 0.318. The highest BCUT2D eigenvalue weighted by atomic mass is 19.1. The molecule has 2 aromatic carbocycles. The SMILES string of the molecule is Cc1nc(C2(NC(=O)c3ccc(-c4ccccc4)cc3F)CCCCC2)no1. The van der Waals surface area contributed by atoms with Crippen molar-refractivity contribution >= 4 is 5.91 Å². The second kappa shape index (κ2) is 7.54. The molecule has 0 atom stereocenters. The molecule has 4 rings (SSSR count). The molecule has 3 aromatic rings. The lowest BCUT2D eigenvalue weighted by molar-refractivity contribution is 0.0851. The van der Waals surface area contributed by atoms with E-state index < -0.39 is 17.3 Å². The van der Waals surface area contributed by atoms with E-state index in [0.29, 0.717) is 24.6 Å². The number of benzene rings is 2. The molecule has 0 bridgehead atoms. The average molecular weight is 379 g/mol. The third-order valence-corrected chi connectivity index (χ3v) is 5.34. The fourth-order valence-electron chi connectivity index (χ4n) is 3.85. The average Bonchev–Trinajstić information content (AvgIpc) is 3.16. The molecule has 5 nitrogen and oxygen atoms in total. The summed E-state index contributed by atoms with van der Waals surface area (Å²) >= 11 is 0. The maximum atomic E-state index is 14.8. The van der Waals surface area contributed by atoms with E-state index in [-0.39, 0.29) is 5.56 Å². The zero-order chi connectivity index (χ0) is 19.6. The summed E-state index contributed by atoms with van der Waals surface area (Å²) < 4.78 is 19.9. The molecule has 1 heterocycles. The van der Waals surface area contributed by atoms with E-state index in [1.54, 1.807) is 13.0 Å². The van der Waals surface area contributed by atoms with Crippen LogP contribution in [0.4, 0.5) is 4.39 Å². The Morgan fingerprint density at radius 3 is 2.46 bits per heavy atom. The van der Waals surface area contributed by atoms with E-state index in [2.05, 4.69) is 15.5 Å². The van der Waals surface area contributed by atoms with Gasteiger partial charge in [-0.1, -0.05) is 60.8 Å². The molecule has 1 saturated carbocycles. The van der Waals surface area contributed by atoms with E-state index in [1.807, 2.05) is 30.3 Å². The van der Waals surface area contributed by atoms with Crippen molar-refractivity contribution in [3.8, 4) is 11.1 Å². The number of rotatable bonds is 4. The van der Waals surface area contributed by atoms with Gasteiger partial charge in [-0.25, -0.2) is 4.39 Å². The lowest BCUT2D eigenvalue weighted by Gasteiger charge is -2.35. The lowest BCUT2D eigenvalue weighted by Crippen LogP contribution is -2.48. The van der Waals surface area contributed by atoms with Gasteiger partial charge in [-0.2, -0.15) is 4.98 Å². The van der Waals surface area contributed by atoms with E-state index in [1.165, 1.54) is 12.1 Å². The zero-order valence-corrected chi connectivity index (χ0v) is 15.7. The van der Waals surface area contributed by atoms with Crippen LogP contribution in [-0.2, 0) is 5.54 Å². The normalized spacial score (nSPS) is 15.9. The molecule has 0 saturated heterocycles. The number of amides is 1. The number of hydrogen-bond donors (Lipinski definition) is 1. The summed E-state index contributed by atoms with van der Waals surface area (Å²) in [6.45, 7) is 1.72. The summed E-state index contributed by atoms with van der Waals surface area (Å²) in [5, 5.41) is 7.05. The Morgan fingerprint density at radius 2 is 1.82 bits per heavy atom. The van der Waals surface area contributed by atoms with Crippen molar-refractivity contribution in [2.24, 2.45) is 0 Å². The second-order valence-electron chi connectivity index (χ2n) is 7.29. The highest BCUT2D eigenvalue weighted by Crippen LogP contribution is 2.36. The molecule has 1 aliphatic carbocycles. The summed E-state index contributed by atoms with van der Waals surface area (Å²) in [7, 11) is 0. The van der Waals surface area contributed by atoms with Crippen molar-refractivity contribution in [1.29, 1.82) is 0 Å². The molecule has 0 radical (unpaired) electrons. The van der Waals surface area contributed by atoms with Crippen LogP contribution in [-0.4, -0.2) is 16.0 Å². The standard InChI is InChI=1S/C22H22FN3O2/c1-15-24-21(26-28-15)22(12-6-3-7-13-22)25-20(27)18-11-10-17(14-19(18)23)16-8-4-2-5-9-16/h2,4-5,8-11,14H,3,6-7,12-13H2,1H3,(H,25,27).